The van der Waals surface area contributed by atoms with E-state index < -0.39 is 0 Å². The van der Waals surface area contributed by atoms with Gasteiger partial charge in [-0.05, 0) is 36.2 Å². The van der Waals surface area contributed by atoms with E-state index in [1.54, 1.807) is 12.3 Å². The molecule has 0 bridgehead atoms. The first-order valence-electron chi connectivity index (χ1n) is 8.98. The number of halogens is 1. The lowest BCUT2D eigenvalue weighted by molar-refractivity contribution is -0.115. The summed E-state index contributed by atoms with van der Waals surface area (Å²) in [4.78, 5) is 21.0. The van der Waals surface area contributed by atoms with Gasteiger partial charge in [-0.1, -0.05) is 57.5 Å². The van der Waals surface area contributed by atoms with Crippen LogP contribution in [0.15, 0.2) is 76.1 Å². The second kappa shape index (κ2) is 8.36. The van der Waals surface area contributed by atoms with E-state index in [-0.39, 0.29) is 18.2 Å². The molecule has 4 aromatic rings. The lowest BCUT2D eigenvalue weighted by atomic mass is 10.0. The molecule has 0 atom stereocenters. The molecule has 0 unspecified atom stereocenters. The summed E-state index contributed by atoms with van der Waals surface area (Å²) in [5, 5.41) is 7.06. The van der Waals surface area contributed by atoms with E-state index in [0.717, 1.165) is 21.2 Å². The average molecular weight is 449 g/mol. The minimum absolute atomic E-state index is 0.188. The Morgan fingerprint density at radius 2 is 2.00 bits per heavy atom. The Kier molecular flexibility index (Phi) is 5.48. The lowest BCUT2D eigenvalue weighted by Gasteiger charge is -2.07. The van der Waals surface area contributed by atoms with E-state index in [2.05, 4.69) is 36.4 Å². The van der Waals surface area contributed by atoms with E-state index in [0.29, 0.717) is 17.0 Å². The first-order valence-corrected chi connectivity index (χ1v) is 9.77. The first-order chi connectivity index (χ1) is 14.1. The van der Waals surface area contributed by atoms with E-state index in [1.807, 2.05) is 55.5 Å². The zero-order valence-electron chi connectivity index (χ0n) is 15.6. The minimum Gasteiger partial charge on any atom is -0.337 e. The molecule has 0 saturated carbocycles. The van der Waals surface area contributed by atoms with Gasteiger partial charge in [0.2, 0.25) is 11.8 Å². The summed E-state index contributed by atoms with van der Waals surface area (Å²) in [6.45, 7) is 1.98. The third kappa shape index (κ3) is 4.25. The normalized spacial score (nSPS) is 10.7. The van der Waals surface area contributed by atoms with Gasteiger partial charge in [-0.2, -0.15) is 0 Å². The molecule has 0 radical (unpaired) electrons. The largest absolute Gasteiger partial charge is 0.337 e. The van der Waals surface area contributed by atoms with E-state index in [4.69, 9.17) is 4.52 Å². The van der Waals surface area contributed by atoms with Crippen LogP contribution in [0.5, 0.6) is 0 Å². The number of aromatic nitrogens is 3. The third-order valence-electron chi connectivity index (χ3n) is 4.49. The Bertz CT molecular complexity index is 1160. The van der Waals surface area contributed by atoms with Crippen LogP contribution in [0.2, 0.25) is 0 Å². The molecule has 2 aromatic carbocycles. The van der Waals surface area contributed by atoms with Crippen molar-refractivity contribution in [2.45, 2.75) is 13.3 Å². The fourth-order valence-corrected chi connectivity index (χ4v) is 3.44. The van der Waals surface area contributed by atoms with Crippen LogP contribution in [0.1, 0.15) is 11.1 Å². The topological polar surface area (TPSA) is 80.9 Å². The number of carbonyl (C=O) groups is 1. The fourth-order valence-electron chi connectivity index (χ4n) is 3.04. The molecule has 0 spiro atoms. The zero-order chi connectivity index (χ0) is 20.2. The predicted octanol–water partition coefficient (Wildman–Crippen LogP) is 5.05. The minimum atomic E-state index is -0.188. The summed E-state index contributed by atoms with van der Waals surface area (Å²) < 4.78 is 6.44. The number of carbonyl (C=O) groups excluding carboxylic acids is 1. The highest BCUT2D eigenvalue weighted by Gasteiger charge is 2.22. The number of nitrogens with one attached hydrogen (secondary N) is 1. The Labute approximate surface area is 176 Å². The van der Waals surface area contributed by atoms with Gasteiger partial charge >= 0.3 is 0 Å². The van der Waals surface area contributed by atoms with Gasteiger partial charge in [0, 0.05) is 16.2 Å². The van der Waals surface area contributed by atoms with Crippen LogP contribution >= 0.6 is 15.9 Å². The van der Waals surface area contributed by atoms with Crippen LogP contribution in [0.3, 0.4) is 0 Å². The van der Waals surface area contributed by atoms with Gasteiger partial charge in [0.1, 0.15) is 12.0 Å². The van der Waals surface area contributed by atoms with Gasteiger partial charge < -0.3 is 4.52 Å². The van der Waals surface area contributed by atoms with Gasteiger partial charge in [0.05, 0.1) is 17.7 Å². The molecule has 1 amide bonds. The van der Waals surface area contributed by atoms with E-state index >= 15 is 0 Å². The third-order valence-corrected chi connectivity index (χ3v) is 4.99. The summed E-state index contributed by atoms with van der Waals surface area (Å²) in [6.07, 6.45) is 3.33. The highest BCUT2D eigenvalue weighted by atomic mass is 79.9. The number of hydrogen-bond acceptors (Lipinski definition) is 5. The van der Waals surface area contributed by atoms with E-state index in [1.165, 1.54) is 6.33 Å². The van der Waals surface area contributed by atoms with Crippen molar-refractivity contribution < 1.29 is 9.32 Å². The Morgan fingerprint density at radius 3 is 2.76 bits per heavy atom. The maximum Gasteiger partial charge on any atom is 0.241 e. The van der Waals surface area contributed by atoms with Crippen molar-refractivity contribution in [2.24, 2.45) is 0 Å². The Balaban J connectivity index is 1.70. The van der Waals surface area contributed by atoms with Crippen molar-refractivity contribution in [3.8, 4) is 22.5 Å². The molecule has 29 heavy (non-hydrogen) atoms. The molecular weight excluding hydrogens is 432 g/mol. The van der Waals surface area contributed by atoms with Crippen LogP contribution in [0, 0.1) is 6.92 Å². The highest BCUT2D eigenvalue weighted by Crippen LogP contribution is 2.37. The number of aryl methyl sites for hydroxylation is 1. The van der Waals surface area contributed by atoms with Crippen LogP contribution < -0.4 is 5.32 Å². The molecular formula is C22H17BrN4O2. The fraction of sp³-hybridized carbons (Fsp3) is 0.0909. The molecule has 6 nitrogen and oxygen atoms in total. The molecule has 0 aliphatic carbocycles. The van der Waals surface area contributed by atoms with Gasteiger partial charge in [-0.25, -0.2) is 9.97 Å². The molecule has 0 aliphatic heterocycles. The number of anilines is 1. The van der Waals surface area contributed by atoms with E-state index in [9.17, 15) is 4.79 Å². The Hall–Kier alpha value is -3.32. The summed E-state index contributed by atoms with van der Waals surface area (Å²) in [6, 6.07) is 17.2. The monoisotopic (exact) mass is 448 g/mol. The molecule has 0 saturated heterocycles. The standard InChI is InChI=1S/C22H17BrN4O2/c1-14-5-2-3-6-15(14)12-19(28)26-22-20(18-9-10-24-13-25-18)21(27-29-22)16-7-4-8-17(23)11-16/h2-11,13H,12H2,1H3,(H,26,28). The summed E-state index contributed by atoms with van der Waals surface area (Å²) in [5.41, 5.74) is 4.68. The summed E-state index contributed by atoms with van der Waals surface area (Å²) >= 11 is 3.48. The van der Waals surface area contributed by atoms with Crippen molar-refractivity contribution in [1.82, 2.24) is 15.1 Å². The van der Waals surface area contributed by atoms with Crippen molar-refractivity contribution in [2.75, 3.05) is 5.32 Å². The number of nitrogens with zero attached hydrogens (tertiary/aromatic N) is 3. The van der Waals surface area contributed by atoms with Gasteiger partial charge in [-0.3, -0.25) is 10.1 Å². The van der Waals surface area contributed by atoms with Crippen molar-refractivity contribution in [1.29, 1.82) is 0 Å². The SMILES string of the molecule is Cc1ccccc1CC(=O)Nc1onc(-c2cccc(Br)c2)c1-c1ccncn1. The molecule has 7 heteroatoms. The number of hydrogen-bond donors (Lipinski definition) is 1. The van der Waals surface area contributed by atoms with Crippen LogP contribution in [-0.4, -0.2) is 21.0 Å². The number of rotatable bonds is 5. The van der Waals surface area contributed by atoms with Crippen LogP contribution in [-0.2, 0) is 11.2 Å². The quantitative estimate of drug-likeness (QED) is 0.461. The van der Waals surface area contributed by atoms with Crippen molar-refractivity contribution in [3.63, 3.8) is 0 Å². The van der Waals surface area contributed by atoms with Gasteiger partial charge in [-0.15, -0.1) is 0 Å². The van der Waals surface area contributed by atoms with Crippen LogP contribution in [0.4, 0.5) is 5.88 Å². The highest BCUT2D eigenvalue weighted by molar-refractivity contribution is 9.10. The van der Waals surface area contributed by atoms with Crippen molar-refractivity contribution >= 4 is 27.7 Å². The smallest absolute Gasteiger partial charge is 0.241 e. The molecule has 2 heterocycles. The maximum absolute atomic E-state index is 12.7. The predicted molar refractivity (Wildman–Crippen MR) is 114 cm³/mol. The molecule has 4 rings (SSSR count). The molecule has 144 valence electrons. The first kappa shape index (κ1) is 19.0. The second-order valence-electron chi connectivity index (χ2n) is 6.49. The van der Waals surface area contributed by atoms with Gasteiger partial charge in [0.15, 0.2) is 0 Å². The molecule has 2 aromatic heterocycles. The molecule has 1 N–H and O–H groups in total. The van der Waals surface area contributed by atoms with Gasteiger partial charge in [0.25, 0.3) is 0 Å². The number of amides is 1. The number of benzene rings is 2. The lowest BCUT2D eigenvalue weighted by Crippen LogP contribution is -2.15. The maximum atomic E-state index is 12.7. The Morgan fingerprint density at radius 1 is 1.14 bits per heavy atom. The second-order valence-corrected chi connectivity index (χ2v) is 7.41. The summed E-state index contributed by atoms with van der Waals surface area (Å²) in [5.74, 6) is 0.0730. The molecule has 0 fully saturated rings. The average Bonchev–Trinajstić information content (AvgIpc) is 3.14. The zero-order valence-corrected chi connectivity index (χ0v) is 17.2. The van der Waals surface area contributed by atoms with Crippen molar-refractivity contribution in [3.05, 3.63) is 82.7 Å². The van der Waals surface area contributed by atoms with Crippen LogP contribution in [0.25, 0.3) is 22.5 Å². The molecule has 0 aliphatic rings. The summed E-state index contributed by atoms with van der Waals surface area (Å²) in [7, 11) is 0.